The molecule has 0 radical (unpaired) electrons. The highest BCUT2D eigenvalue weighted by atomic mass is 35.5. The van der Waals surface area contributed by atoms with E-state index in [0.29, 0.717) is 15.8 Å². The van der Waals surface area contributed by atoms with Crippen LogP contribution in [0.1, 0.15) is 0 Å². The van der Waals surface area contributed by atoms with Crippen molar-refractivity contribution in [2.75, 3.05) is 5.73 Å². The molecule has 0 amide bonds. The van der Waals surface area contributed by atoms with Crippen molar-refractivity contribution in [1.82, 2.24) is 4.98 Å². The van der Waals surface area contributed by atoms with E-state index in [1.165, 1.54) is 6.07 Å². The highest BCUT2D eigenvalue weighted by molar-refractivity contribution is 6.36. The van der Waals surface area contributed by atoms with Crippen LogP contribution in [0.4, 0.5) is 5.82 Å². The Balaban J connectivity index is 1.99. The lowest BCUT2D eigenvalue weighted by molar-refractivity contribution is 0.465. The third kappa shape index (κ3) is 2.50. The van der Waals surface area contributed by atoms with E-state index in [1.807, 2.05) is 42.5 Å². The Morgan fingerprint density at radius 3 is 2.45 bits per heavy atom. The molecule has 1 heterocycles. The zero-order valence-corrected chi connectivity index (χ0v) is 11.8. The maximum Gasteiger partial charge on any atom is 0.240 e. The predicted molar refractivity (Wildman–Crippen MR) is 82.7 cm³/mol. The van der Waals surface area contributed by atoms with Crippen molar-refractivity contribution in [1.29, 1.82) is 0 Å². The van der Waals surface area contributed by atoms with Gasteiger partial charge in [0.1, 0.15) is 16.6 Å². The number of pyridine rings is 1. The Morgan fingerprint density at radius 2 is 1.65 bits per heavy atom. The molecule has 20 heavy (non-hydrogen) atoms. The molecule has 0 saturated heterocycles. The van der Waals surface area contributed by atoms with Crippen molar-refractivity contribution in [3.8, 4) is 11.6 Å². The summed E-state index contributed by atoms with van der Waals surface area (Å²) in [7, 11) is 0. The van der Waals surface area contributed by atoms with E-state index >= 15 is 0 Å². The number of anilines is 1. The van der Waals surface area contributed by atoms with Crippen LogP contribution in [-0.4, -0.2) is 4.98 Å². The molecule has 3 nitrogen and oxygen atoms in total. The van der Waals surface area contributed by atoms with Crippen LogP contribution in [0.2, 0.25) is 10.0 Å². The van der Waals surface area contributed by atoms with Gasteiger partial charge in [0.25, 0.3) is 0 Å². The standard InChI is InChI=1S/C15H10Cl2N2O/c16-12-8-13(17)15(19-14(12)18)20-11-6-5-9-3-1-2-4-10(9)7-11/h1-8H,(H2,18,19). The van der Waals surface area contributed by atoms with Gasteiger partial charge in [-0.05, 0) is 29.0 Å². The second kappa shape index (κ2) is 5.19. The molecule has 2 N–H and O–H groups in total. The molecule has 0 fully saturated rings. The summed E-state index contributed by atoms with van der Waals surface area (Å²) in [5.74, 6) is 1.07. The third-order valence-corrected chi connectivity index (χ3v) is 3.43. The number of aromatic nitrogens is 1. The molecular weight excluding hydrogens is 295 g/mol. The number of rotatable bonds is 2. The van der Waals surface area contributed by atoms with Crippen molar-refractivity contribution in [2.24, 2.45) is 0 Å². The minimum atomic E-state index is 0.187. The number of ether oxygens (including phenoxy) is 1. The molecule has 3 rings (SSSR count). The van der Waals surface area contributed by atoms with Gasteiger partial charge in [0.05, 0.1) is 5.02 Å². The Bertz CT molecular complexity index is 790. The van der Waals surface area contributed by atoms with Gasteiger partial charge in [-0.25, -0.2) is 0 Å². The fraction of sp³-hybridized carbons (Fsp3) is 0. The van der Waals surface area contributed by atoms with Crippen LogP contribution < -0.4 is 10.5 Å². The minimum absolute atomic E-state index is 0.187. The molecular formula is C15H10Cl2N2O. The van der Waals surface area contributed by atoms with Crippen molar-refractivity contribution in [2.45, 2.75) is 0 Å². The van der Waals surface area contributed by atoms with Gasteiger partial charge in [0, 0.05) is 0 Å². The number of hydrogen-bond donors (Lipinski definition) is 1. The van der Waals surface area contributed by atoms with E-state index in [4.69, 9.17) is 33.7 Å². The molecule has 100 valence electrons. The predicted octanol–water partition coefficient (Wildman–Crippen LogP) is 4.92. The van der Waals surface area contributed by atoms with E-state index in [1.54, 1.807) is 0 Å². The van der Waals surface area contributed by atoms with Gasteiger partial charge in [-0.15, -0.1) is 0 Å². The topological polar surface area (TPSA) is 48.1 Å². The number of hydrogen-bond acceptors (Lipinski definition) is 3. The number of nitrogens with two attached hydrogens (primary N) is 1. The normalized spacial score (nSPS) is 10.7. The molecule has 0 saturated carbocycles. The lowest BCUT2D eigenvalue weighted by atomic mass is 10.1. The summed E-state index contributed by atoms with van der Waals surface area (Å²) in [6, 6.07) is 15.2. The first-order chi connectivity index (χ1) is 9.63. The third-order valence-electron chi connectivity index (χ3n) is 2.86. The first kappa shape index (κ1) is 13.0. The summed E-state index contributed by atoms with van der Waals surface area (Å²) in [5, 5.41) is 2.83. The van der Waals surface area contributed by atoms with Crippen LogP contribution in [0, 0.1) is 0 Å². The van der Waals surface area contributed by atoms with Gasteiger partial charge < -0.3 is 10.5 Å². The molecule has 1 aromatic heterocycles. The van der Waals surface area contributed by atoms with Crippen LogP contribution >= 0.6 is 23.2 Å². The number of nitrogen functional groups attached to an aromatic ring is 1. The maximum atomic E-state index is 6.04. The first-order valence-corrected chi connectivity index (χ1v) is 6.67. The highest BCUT2D eigenvalue weighted by Gasteiger charge is 2.09. The van der Waals surface area contributed by atoms with Crippen molar-refractivity contribution >= 4 is 39.8 Å². The van der Waals surface area contributed by atoms with Crippen molar-refractivity contribution < 1.29 is 4.74 Å². The van der Waals surface area contributed by atoms with Crippen LogP contribution in [0.5, 0.6) is 11.6 Å². The van der Waals surface area contributed by atoms with E-state index in [-0.39, 0.29) is 11.7 Å². The van der Waals surface area contributed by atoms with Crippen LogP contribution in [0.25, 0.3) is 10.8 Å². The van der Waals surface area contributed by atoms with E-state index < -0.39 is 0 Å². The molecule has 0 aliphatic rings. The summed E-state index contributed by atoms with van der Waals surface area (Å²) in [6.07, 6.45) is 0. The second-order valence-electron chi connectivity index (χ2n) is 4.25. The zero-order valence-electron chi connectivity index (χ0n) is 10.3. The van der Waals surface area contributed by atoms with Gasteiger partial charge in [0.15, 0.2) is 0 Å². The lowest BCUT2D eigenvalue weighted by Gasteiger charge is -2.09. The summed E-state index contributed by atoms with van der Waals surface area (Å²) in [5.41, 5.74) is 5.65. The molecule has 0 atom stereocenters. The minimum Gasteiger partial charge on any atom is -0.437 e. The lowest BCUT2D eigenvalue weighted by Crippen LogP contribution is -1.95. The van der Waals surface area contributed by atoms with Crippen LogP contribution in [0.15, 0.2) is 48.5 Å². The first-order valence-electron chi connectivity index (χ1n) is 5.91. The Hall–Kier alpha value is -1.97. The number of benzene rings is 2. The van der Waals surface area contributed by atoms with Crippen molar-refractivity contribution in [3.63, 3.8) is 0 Å². The van der Waals surface area contributed by atoms with Crippen LogP contribution in [-0.2, 0) is 0 Å². The Kier molecular flexibility index (Phi) is 3.38. The molecule has 0 spiro atoms. The summed E-state index contributed by atoms with van der Waals surface area (Å²) in [4.78, 5) is 4.04. The van der Waals surface area contributed by atoms with Crippen LogP contribution in [0.3, 0.4) is 0 Å². The van der Waals surface area contributed by atoms with Crippen molar-refractivity contribution in [3.05, 3.63) is 58.6 Å². The molecule has 0 aliphatic carbocycles. The van der Waals surface area contributed by atoms with E-state index in [2.05, 4.69) is 4.98 Å². The highest BCUT2D eigenvalue weighted by Crippen LogP contribution is 2.33. The molecule has 0 unspecified atom stereocenters. The fourth-order valence-corrected chi connectivity index (χ4v) is 2.27. The Labute approximate surface area is 125 Å². The Morgan fingerprint density at radius 1 is 0.900 bits per heavy atom. The molecule has 5 heteroatoms. The SMILES string of the molecule is Nc1nc(Oc2ccc3ccccc3c2)c(Cl)cc1Cl. The molecule has 0 bridgehead atoms. The van der Waals surface area contributed by atoms with Gasteiger partial charge in [-0.2, -0.15) is 4.98 Å². The second-order valence-corrected chi connectivity index (χ2v) is 5.07. The largest absolute Gasteiger partial charge is 0.437 e. The fourth-order valence-electron chi connectivity index (χ4n) is 1.88. The summed E-state index contributed by atoms with van der Waals surface area (Å²) < 4.78 is 5.67. The average molecular weight is 305 g/mol. The average Bonchev–Trinajstić information content (AvgIpc) is 2.44. The summed E-state index contributed by atoms with van der Waals surface area (Å²) >= 11 is 11.9. The summed E-state index contributed by atoms with van der Waals surface area (Å²) in [6.45, 7) is 0. The molecule has 2 aromatic carbocycles. The number of halogens is 2. The molecule has 0 aliphatic heterocycles. The van der Waals surface area contributed by atoms with Gasteiger partial charge in [-0.3, -0.25) is 0 Å². The monoisotopic (exact) mass is 304 g/mol. The van der Waals surface area contributed by atoms with Gasteiger partial charge >= 0.3 is 0 Å². The van der Waals surface area contributed by atoms with E-state index in [0.717, 1.165) is 10.8 Å². The van der Waals surface area contributed by atoms with E-state index in [9.17, 15) is 0 Å². The zero-order chi connectivity index (χ0) is 14.1. The van der Waals surface area contributed by atoms with Gasteiger partial charge in [0.2, 0.25) is 5.88 Å². The van der Waals surface area contributed by atoms with Gasteiger partial charge in [-0.1, -0.05) is 53.5 Å². The smallest absolute Gasteiger partial charge is 0.240 e. The number of nitrogens with zero attached hydrogens (tertiary/aromatic N) is 1. The maximum absolute atomic E-state index is 6.04. The number of fused-ring (bicyclic) bond motifs is 1. The quantitative estimate of drug-likeness (QED) is 0.731. The molecule has 3 aromatic rings.